The van der Waals surface area contributed by atoms with E-state index in [1.807, 2.05) is 12.4 Å². The van der Waals surface area contributed by atoms with E-state index in [1.165, 1.54) is 5.69 Å². The zero-order valence-electron chi connectivity index (χ0n) is 11.7. The third-order valence-corrected chi connectivity index (χ3v) is 3.67. The Kier molecular flexibility index (Phi) is 3.88. The summed E-state index contributed by atoms with van der Waals surface area (Å²) < 4.78 is 0. The van der Waals surface area contributed by atoms with E-state index in [9.17, 15) is 0 Å². The second kappa shape index (κ2) is 5.24. The largest absolute Gasteiger partial charge is 0.369 e. The molecule has 2 N–H and O–H groups in total. The SMILES string of the molecule is CC(C)(C)N1CCN(c2ccncc2CN)CC1. The van der Waals surface area contributed by atoms with Gasteiger partial charge in [0.05, 0.1) is 0 Å². The predicted octanol–water partition coefficient (Wildman–Crippen LogP) is 1.46. The molecule has 1 fully saturated rings. The maximum absolute atomic E-state index is 5.78. The maximum atomic E-state index is 5.78. The fourth-order valence-electron chi connectivity index (χ4n) is 2.50. The summed E-state index contributed by atoms with van der Waals surface area (Å²) in [6.07, 6.45) is 3.73. The zero-order chi connectivity index (χ0) is 13.2. The first-order chi connectivity index (χ1) is 8.52. The van der Waals surface area contributed by atoms with Crippen molar-refractivity contribution in [1.29, 1.82) is 0 Å². The van der Waals surface area contributed by atoms with Crippen LogP contribution in [-0.4, -0.2) is 41.6 Å². The van der Waals surface area contributed by atoms with Crippen LogP contribution in [-0.2, 0) is 6.54 Å². The number of hydrogen-bond donors (Lipinski definition) is 1. The van der Waals surface area contributed by atoms with Crippen molar-refractivity contribution in [3.05, 3.63) is 24.0 Å². The van der Waals surface area contributed by atoms with Crippen LogP contribution in [0.3, 0.4) is 0 Å². The van der Waals surface area contributed by atoms with Crippen LogP contribution in [0.15, 0.2) is 18.5 Å². The smallest absolute Gasteiger partial charge is 0.0443 e. The Morgan fingerprint density at radius 1 is 1.22 bits per heavy atom. The lowest BCUT2D eigenvalue weighted by molar-refractivity contribution is 0.128. The summed E-state index contributed by atoms with van der Waals surface area (Å²) >= 11 is 0. The van der Waals surface area contributed by atoms with Crippen molar-refractivity contribution >= 4 is 5.69 Å². The quantitative estimate of drug-likeness (QED) is 0.860. The lowest BCUT2D eigenvalue weighted by atomic mass is 10.0. The average Bonchev–Trinajstić information content (AvgIpc) is 2.38. The van der Waals surface area contributed by atoms with Crippen molar-refractivity contribution in [1.82, 2.24) is 9.88 Å². The van der Waals surface area contributed by atoms with Crippen LogP contribution < -0.4 is 10.6 Å². The number of pyridine rings is 1. The summed E-state index contributed by atoms with van der Waals surface area (Å²) in [5.74, 6) is 0. The molecule has 4 nitrogen and oxygen atoms in total. The third kappa shape index (κ3) is 2.82. The Morgan fingerprint density at radius 3 is 2.44 bits per heavy atom. The molecule has 1 aliphatic rings. The number of hydrogen-bond acceptors (Lipinski definition) is 4. The van der Waals surface area contributed by atoms with Crippen LogP contribution in [0, 0.1) is 0 Å². The predicted molar refractivity (Wildman–Crippen MR) is 75.7 cm³/mol. The molecule has 0 unspecified atom stereocenters. The van der Waals surface area contributed by atoms with Gasteiger partial charge < -0.3 is 10.6 Å². The summed E-state index contributed by atoms with van der Waals surface area (Å²) in [5.41, 5.74) is 8.43. The monoisotopic (exact) mass is 248 g/mol. The Balaban J connectivity index is 2.06. The Labute approximate surface area is 110 Å². The fourth-order valence-corrected chi connectivity index (χ4v) is 2.50. The van der Waals surface area contributed by atoms with E-state index in [0.29, 0.717) is 6.54 Å². The molecular formula is C14H24N4. The molecule has 2 rings (SSSR count). The van der Waals surface area contributed by atoms with Crippen LogP contribution in [0.5, 0.6) is 0 Å². The normalized spacial score (nSPS) is 18.1. The molecule has 18 heavy (non-hydrogen) atoms. The number of piperazine rings is 1. The molecule has 0 saturated carbocycles. The highest BCUT2D eigenvalue weighted by Crippen LogP contribution is 2.23. The minimum absolute atomic E-state index is 0.265. The Hall–Kier alpha value is -1.13. The number of nitrogens with two attached hydrogens (primary N) is 1. The topological polar surface area (TPSA) is 45.4 Å². The van der Waals surface area contributed by atoms with E-state index in [0.717, 1.165) is 31.7 Å². The molecule has 0 atom stereocenters. The minimum Gasteiger partial charge on any atom is -0.369 e. The van der Waals surface area contributed by atoms with E-state index in [-0.39, 0.29) is 5.54 Å². The summed E-state index contributed by atoms with van der Waals surface area (Å²) in [7, 11) is 0. The molecule has 2 heterocycles. The Bertz CT molecular complexity index is 389. The molecule has 0 amide bonds. The van der Waals surface area contributed by atoms with E-state index in [2.05, 4.69) is 41.6 Å². The molecular weight excluding hydrogens is 224 g/mol. The van der Waals surface area contributed by atoms with Gasteiger partial charge in [-0.25, -0.2) is 0 Å². The zero-order valence-corrected chi connectivity index (χ0v) is 11.7. The molecule has 1 aromatic heterocycles. The van der Waals surface area contributed by atoms with Crippen molar-refractivity contribution in [2.24, 2.45) is 5.73 Å². The second-order valence-corrected chi connectivity index (χ2v) is 5.85. The van der Waals surface area contributed by atoms with Crippen molar-refractivity contribution < 1.29 is 0 Å². The van der Waals surface area contributed by atoms with Crippen molar-refractivity contribution in [3.63, 3.8) is 0 Å². The standard InChI is InChI=1S/C14H24N4/c1-14(2,3)18-8-6-17(7-9-18)13-4-5-16-11-12(13)10-15/h4-5,11H,6-10,15H2,1-3H3. The van der Waals surface area contributed by atoms with E-state index < -0.39 is 0 Å². The third-order valence-electron chi connectivity index (χ3n) is 3.67. The second-order valence-electron chi connectivity index (χ2n) is 5.85. The molecule has 1 aromatic rings. The summed E-state index contributed by atoms with van der Waals surface area (Å²) in [4.78, 5) is 9.11. The first kappa shape index (κ1) is 13.3. The van der Waals surface area contributed by atoms with Crippen LogP contribution in [0.25, 0.3) is 0 Å². The van der Waals surface area contributed by atoms with E-state index in [4.69, 9.17) is 5.73 Å². The van der Waals surface area contributed by atoms with Gasteiger partial charge in [-0.1, -0.05) is 0 Å². The lowest BCUT2D eigenvalue weighted by Gasteiger charge is -2.43. The van der Waals surface area contributed by atoms with Gasteiger partial charge in [0.2, 0.25) is 0 Å². The molecule has 0 radical (unpaired) electrons. The van der Waals surface area contributed by atoms with Gasteiger partial charge in [-0.05, 0) is 26.8 Å². The van der Waals surface area contributed by atoms with Gasteiger partial charge in [0.15, 0.2) is 0 Å². The number of anilines is 1. The molecule has 0 aliphatic carbocycles. The van der Waals surface area contributed by atoms with Gasteiger partial charge >= 0.3 is 0 Å². The lowest BCUT2D eigenvalue weighted by Crippen LogP contribution is -2.53. The molecule has 0 bridgehead atoms. The summed E-state index contributed by atoms with van der Waals surface area (Å²) in [6, 6.07) is 2.08. The highest BCUT2D eigenvalue weighted by Gasteiger charge is 2.26. The fraction of sp³-hybridized carbons (Fsp3) is 0.643. The minimum atomic E-state index is 0.265. The maximum Gasteiger partial charge on any atom is 0.0443 e. The van der Waals surface area contributed by atoms with E-state index in [1.54, 1.807) is 0 Å². The molecule has 0 aromatic carbocycles. The van der Waals surface area contributed by atoms with Crippen LogP contribution in [0.2, 0.25) is 0 Å². The highest BCUT2D eigenvalue weighted by molar-refractivity contribution is 5.52. The number of rotatable bonds is 2. The number of nitrogens with zero attached hydrogens (tertiary/aromatic N) is 3. The van der Waals surface area contributed by atoms with Crippen LogP contribution >= 0.6 is 0 Å². The first-order valence-electron chi connectivity index (χ1n) is 6.65. The van der Waals surface area contributed by atoms with Gasteiger partial charge in [-0.2, -0.15) is 0 Å². The molecule has 1 saturated heterocycles. The van der Waals surface area contributed by atoms with Crippen molar-refractivity contribution in [2.75, 3.05) is 31.1 Å². The van der Waals surface area contributed by atoms with Gasteiger partial charge in [0.25, 0.3) is 0 Å². The summed E-state index contributed by atoms with van der Waals surface area (Å²) in [6.45, 7) is 11.7. The van der Waals surface area contributed by atoms with Crippen LogP contribution in [0.4, 0.5) is 5.69 Å². The molecule has 4 heteroatoms. The first-order valence-corrected chi connectivity index (χ1v) is 6.65. The van der Waals surface area contributed by atoms with Gasteiger partial charge in [-0.15, -0.1) is 0 Å². The molecule has 1 aliphatic heterocycles. The average molecular weight is 248 g/mol. The van der Waals surface area contributed by atoms with Gasteiger partial charge in [-0.3, -0.25) is 9.88 Å². The number of aromatic nitrogens is 1. The highest BCUT2D eigenvalue weighted by atomic mass is 15.3. The van der Waals surface area contributed by atoms with Crippen molar-refractivity contribution in [3.8, 4) is 0 Å². The van der Waals surface area contributed by atoms with Gasteiger partial charge in [0.1, 0.15) is 0 Å². The van der Waals surface area contributed by atoms with Crippen LogP contribution in [0.1, 0.15) is 26.3 Å². The van der Waals surface area contributed by atoms with Gasteiger partial charge in [0, 0.05) is 61.9 Å². The Morgan fingerprint density at radius 2 is 1.89 bits per heavy atom. The summed E-state index contributed by atoms with van der Waals surface area (Å²) in [5, 5.41) is 0. The van der Waals surface area contributed by atoms with E-state index >= 15 is 0 Å². The molecule has 100 valence electrons. The molecule has 0 spiro atoms. The van der Waals surface area contributed by atoms with Crippen molar-refractivity contribution in [2.45, 2.75) is 32.9 Å².